The van der Waals surface area contributed by atoms with Crippen molar-refractivity contribution in [3.05, 3.63) is 24.0 Å². The highest BCUT2D eigenvalue weighted by molar-refractivity contribution is 5.92. The average molecular weight is 304 g/mol. The van der Waals surface area contributed by atoms with Crippen LogP contribution in [0.3, 0.4) is 0 Å². The molecule has 1 atom stereocenters. The maximum absolute atomic E-state index is 12.3. The van der Waals surface area contributed by atoms with Crippen molar-refractivity contribution in [3.63, 3.8) is 0 Å². The fourth-order valence-corrected chi connectivity index (χ4v) is 3.72. The normalized spacial score (nSPS) is 24.6. The summed E-state index contributed by atoms with van der Waals surface area (Å²) in [6.45, 7) is 10.9. The third-order valence-corrected chi connectivity index (χ3v) is 5.05. The quantitative estimate of drug-likeness (QED) is 0.917. The number of aromatic nitrogens is 1. The van der Waals surface area contributed by atoms with Crippen LogP contribution in [0.25, 0.3) is 0 Å². The zero-order chi connectivity index (χ0) is 15.4. The first-order valence-corrected chi connectivity index (χ1v) is 8.63. The second kappa shape index (κ2) is 7.29. The van der Waals surface area contributed by atoms with Crippen LogP contribution in [0, 0.1) is 5.92 Å². The third-order valence-electron chi connectivity index (χ3n) is 5.05. The van der Waals surface area contributed by atoms with E-state index in [-0.39, 0.29) is 5.91 Å². The lowest BCUT2D eigenvalue weighted by Gasteiger charge is -2.39. The van der Waals surface area contributed by atoms with Crippen molar-refractivity contribution < 1.29 is 4.79 Å². The number of hydrogen-bond acceptors (Lipinski definition) is 3. The molecule has 5 heteroatoms. The first kappa shape index (κ1) is 15.6. The van der Waals surface area contributed by atoms with Crippen LogP contribution in [0.4, 0.5) is 0 Å². The molecular formula is C17H28N4O. The van der Waals surface area contributed by atoms with Gasteiger partial charge in [-0.3, -0.25) is 9.69 Å². The molecule has 1 N–H and O–H groups in total. The molecule has 0 unspecified atom stereocenters. The highest BCUT2D eigenvalue weighted by Gasteiger charge is 2.26. The summed E-state index contributed by atoms with van der Waals surface area (Å²) in [5.74, 6) is 0.943. The van der Waals surface area contributed by atoms with Crippen molar-refractivity contribution in [2.75, 3.05) is 52.4 Å². The molecule has 0 spiro atoms. The number of hydrogen-bond donors (Lipinski definition) is 1. The molecule has 0 saturated carbocycles. The zero-order valence-electron chi connectivity index (χ0n) is 13.6. The van der Waals surface area contributed by atoms with Gasteiger partial charge in [0.15, 0.2) is 0 Å². The summed E-state index contributed by atoms with van der Waals surface area (Å²) in [4.78, 5) is 22.4. The highest BCUT2D eigenvalue weighted by Crippen LogP contribution is 2.18. The SMILES string of the molecule is CCN1CCC[C@H](CN2CCN(C(=O)c3ccc[nH]3)CC2)C1. The fourth-order valence-electron chi connectivity index (χ4n) is 3.72. The van der Waals surface area contributed by atoms with Crippen molar-refractivity contribution >= 4 is 5.91 Å². The van der Waals surface area contributed by atoms with Crippen LogP contribution in [0.5, 0.6) is 0 Å². The Hall–Kier alpha value is -1.33. The van der Waals surface area contributed by atoms with E-state index in [1.807, 2.05) is 23.2 Å². The van der Waals surface area contributed by atoms with Gasteiger partial charge in [-0.2, -0.15) is 0 Å². The number of rotatable bonds is 4. The summed E-state index contributed by atoms with van der Waals surface area (Å²) in [5.41, 5.74) is 0.708. The minimum atomic E-state index is 0.138. The van der Waals surface area contributed by atoms with Gasteiger partial charge in [0.25, 0.3) is 5.91 Å². The Morgan fingerprint density at radius 3 is 2.73 bits per heavy atom. The molecule has 122 valence electrons. The first-order chi connectivity index (χ1) is 10.8. The molecule has 0 bridgehead atoms. The van der Waals surface area contributed by atoms with Crippen LogP contribution in [0.1, 0.15) is 30.3 Å². The number of H-pyrrole nitrogens is 1. The Labute approximate surface area is 133 Å². The number of nitrogens with zero attached hydrogens (tertiary/aromatic N) is 3. The van der Waals surface area contributed by atoms with Crippen LogP contribution >= 0.6 is 0 Å². The van der Waals surface area contributed by atoms with Crippen molar-refractivity contribution in [1.82, 2.24) is 19.7 Å². The van der Waals surface area contributed by atoms with Crippen LogP contribution in [-0.4, -0.2) is 77.9 Å². The number of aromatic amines is 1. The maximum Gasteiger partial charge on any atom is 0.270 e. The van der Waals surface area contributed by atoms with E-state index in [1.165, 1.54) is 39.0 Å². The van der Waals surface area contributed by atoms with Gasteiger partial charge in [0.2, 0.25) is 0 Å². The van der Waals surface area contributed by atoms with Crippen molar-refractivity contribution in [2.24, 2.45) is 5.92 Å². The van der Waals surface area contributed by atoms with E-state index < -0.39 is 0 Å². The van der Waals surface area contributed by atoms with E-state index in [4.69, 9.17) is 0 Å². The molecule has 3 rings (SSSR count). The lowest BCUT2D eigenvalue weighted by molar-refractivity contribution is 0.0576. The Morgan fingerprint density at radius 2 is 2.05 bits per heavy atom. The van der Waals surface area contributed by atoms with Crippen molar-refractivity contribution in [3.8, 4) is 0 Å². The van der Waals surface area contributed by atoms with Crippen LogP contribution in [0.2, 0.25) is 0 Å². The smallest absolute Gasteiger partial charge is 0.270 e. The summed E-state index contributed by atoms with van der Waals surface area (Å²) >= 11 is 0. The van der Waals surface area contributed by atoms with Crippen molar-refractivity contribution in [2.45, 2.75) is 19.8 Å². The van der Waals surface area contributed by atoms with Crippen LogP contribution < -0.4 is 0 Å². The molecule has 0 radical (unpaired) electrons. The fraction of sp³-hybridized carbons (Fsp3) is 0.706. The molecule has 0 aliphatic carbocycles. The van der Waals surface area contributed by atoms with Gasteiger partial charge in [-0.25, -0.2) is 0 Å². The average Bonchev–Trinajstić information content (AvgIpc) is 3.09. The molecule has 2 saturated heterocycles. The molecule has 3 heterocycles. The molecule has 2 fully saturated rings. The number of likely N-dealkylation sites (tertiary alicyclic amines) is 1. The van der Waals surface area contributed by atoms with E-state index in [2.05, 4.69) is 21.7 Å². The highest BCUT2D eigenvalue weighted by atomic mass is 16.2. The van der Waals surface area contributed by atoms with E-state index in [1.54, 1.807) is 0 Å². The minimum Gasteiger partial charge on any atom is -0.357 e. The van der Waals surface area contributed by atoms with Gasteiger partial charge in [-0.05, 0) is 44.0 Å². The number of piperazine rings is 1. The number of carbonyl (C=O) groups is 1. The summed E-state index contributed by atoms with van der Waals surface area (Å²) in [5, 5.41) is 0. The molecule has 1 aromatic rings. The van der Waals surface area contributed by atoms with E-state index >= 15 is 0 Å². The summed E-state index contributed by atoms with van der Waals surface area (Å²) in [6, 6.07) is 3.74. The van der Waals surface area contributed by atoms with Crippen LogP contribution in [0.15, 0.2) is 18.3 Å². The van der Waals surface area contributed by atoms with Gasteiger partial charge >= 0.3 is 0 Å². The summed E-state index contributed by atoms with van der Waals surface area (Å²) < 4.78 is 0. The number of nitrogens with one attached hydrogen (secondary N) is 1. The van der Waals surface area contributed by atoms with E-state index in [0.717, 1.165) is 32.1 Å². The molecule has 0 aromatic carbocycles. The Balaban J connectivity index is 1.45. The largest absolute Gasteiger partial charge is 0.357 e. The van der Waals surface area contributed by atoms with Crippen LogP contribution in [-0.2, 0) is 0 Å². The van der Waals surface area contributed by atoms with Gasteiger partial charge in [0.1, 0.15) is 5.69 Å². The topological polar surface area (TPSA) is 42.6 Å². The minimum absolute atomic E-state index is 0.138. The molecule has 5 nitrogen and oxygen atoms in total. The van der Waals surface area contributed by atoms with Gasteiger partial charge in [0, 0.05) is 45.5 Å². The molecule has 1 aromatic heterocycles. The Kier molecular flexibility index (Phi) is 5.16. The Bertz CT molecular complexity index is 465. The van der Waals surface area contributed by atoms with Gasteiger partial charge in [-0.1, -0.05) is 6.92 Å². The predicted octanol–water partition coefficient (Wildman–Crippen LogP) is 1.50. The monoisotopic (exact) mass is 304 g/mol. The predicted molar refractivity (Wildman–Crippen MR) is 88.0 cm³/mol. The second-order valence-corrected chi connectivity index (χ2v) is 6.58. The molecule has 1 amide bonds. The number of piperidine rings is 1. The van der Waals surface area contributed by atoms with Gasteiger partial charge in [0.05, 0.1) is 0 Å². The van der Waals surface area contributed by atoms with E-state index in [9.17, 15) is 4.79 Å². The number of amides is 1. The lowest BCUT2D eigenvalue weighted by Crippen LogP contribution is -2.51. The Morgan fingerprint density at radius 1 is 1.23 bits per heavy atom. The summed E-state index contributed by atoms with van der Waals surface area (Å²) in [6.07, 6.45) is 4.51. The number of carbonyl (C=O) groups excluding carboxylic acids is 1. The second-order valence-electron chi connectivity index (χ2n) is 6.58. The lowest BCUT2D eigenvalue weighted by atomic mass is 9.97. The standard InChI is InChI=1S/C17H28N4O/c1-2-19-8-4-5-15(13-19)14-20-9-11-21(12-10-20)17(22)16-6-3-7-18-16/h3,6-7,15,18H,2,4-5,8-14H2,1H3/t15-/m0/s1. The molecule has 22 heavy (non-hydrogen) atoms. The first-order valence-electron chi connectivity index (χ1n) is 8.63. The van der Waals surface area contributed by atoms with Gasteiger partial charge in [-0.15, -0.1) is 0 Å². The molecule has 2 aliphatic rings. The zero-order valence-corrected chi connectivity index (χ0v) is 13.6. The maximum atomic E-state index is 12.3. The molecular weight excluding hydrogens is 276 g/mol. The van der Waals surface area contributed by atoms with Crippen molar-refractivity contribution in [1.29, 1.82) is 0 Å². The van der Waals surface area contributed by atoms with E-state index in [0.29, 0.717) is 5.69 Å². The summed E-state index contributed by atoms with van der Waals surface area (Å²) in [7, 11) is 0. The molecule has 2 aliphatic heterocycles. The van der Waals surface area contributed by atoms with Gasteiger partial charge < -0.3 is 14.8 Å². The third kappa shape index (κ3) is 3.70.